The quantitative estimate of drug-likeness (QED) is 0.202. The number of hydrogen-bond donors (Lipinski definition) is 6. The number of amides is 2. The number of anilines is 1. The van der Waals surface area contributed by atoms with Crippen molar-refractivity contribution in [1.82, 2.24) is 0 Å². The summed E-state index contributed by atoms with van der Waals surface area (Å²) in [5.41, 5.74) is 16.0. The lowest BCUT2D eigenvalue weighted by Gasteiger charge is -2.32. The largest absolute Gasteiger partial charge is 0.394 e. The molecule has 1 aliphatic heterocycles. The van der Waals surface area contributed by atoms with Crippen molar-refractivity contribution in [2.24, 2.45) is 17.2 Å². The maximum absolute atomic E-state index is 11.9. The Morgan fingerprint density at radius 1 is 1.22 bits per heavy atom. The minimum atomic E-state index is -0.501. The van der Waals surface area contributed by atoms with Gasteiger partial charge in [-0.25, -0.2) is 0 Å². The van der Waals surface area contributed by atoms with Crippen LogP contribution in [0.25, 0.3) is 0 Å². The normalized spacial score (nSPS) is 19.6. The Labute approximate surface area is 190 Å². The predicted octanol–water partition coefficient (Wildman–Crippen LogP) is 0.238. The molecular formula is C22H40N4O6. The van der Waals surface area contributed by atoms with Gasteiger partial charge in [-0.1, -0.05) is 18.6 Å². The molecule has 10 heteroatoms. The zero-order chi connectivity index (χ0) is 24.2. The molecule has 0 radical (unpaired) electrons. The van der Waals surface area contributed by atoms with Crippen LogP contribution in [0, 0.1) is 0 Å². The summed E-state index contributed by atoms with van der Waals surface area (Å²) in [4.78, 5) is 20.5. The zero-order valence-electron chi connectivity index (χ0n) is 18.9. The predicted molar refractivity (Wildman–Crippen MR) is 124 cm³/mol. The number of aliphatic hydroxyl groups is 2. The van der Waals surface area contributed by atoms with Crippen LogP contribution in [0.15, 0.2) is 24.3 Å². The van der Waals surface area contributed by atoms with Crippen molar-refractivity contribution in [3.8, 4) is 0 Å². The average Bonchev–Trinajstić information content (AvgIpc) is 2.79. The van der Waals surface area contributed by atoms with Crippen LogP contribution in [0.4, 0.5) is 5.69 Å². The monoisotopic (exact) mass is 456 g/mol. The molecule has 0 spiro atoms. The molecule has 1 aromatic carbocycles. The van der Waals surface area contributed by atoms with Crippen molar-refractivity contribution in [3.05, 3.63) is 29.8 Å². The number of ether oxygens (including phenoxy) is 2. The summed E-state index contributed by atoms with van der Waals surface area (Å²) >= 11 is 0. The van der Waals surface area contributed by atoms with Gasteiger partial charge in [0.15, 0.2) is 6.29 Å². The second-order valence-corrected chi connectivity index (χ2v) is 7.10. The van der Waals surface area contributed by atoms with E-state index in [2.05, 4.69) is 16.8 Å². The first-order chi connectivity index (χ1) is 15.5. The van der Waals surface area contributed by atoms with E-state index in [-0.39, 0.29) is 25.0 Å². The Hall–Kier alpha value is -2.08. The fourth-order valence-electron chi connectivity index (χ4n) is 3.07. The number of aliphatic hydroxyl groups excluding tert-OH is 2. The molecule has 2 amide bonds. The molecule has 1 saturated heterocycles. The van der Waals surface area contributed by atoms with E-state index in [1.54, 1.807) is 0 Å². The van der Waals surface area contributed by atoms with E-state index in [9.17, 15) is 9.90 Å². The van der Waals surface area contributed by atoms with Gasteiger partial charge in [0.05, 0.1) is 25.4 Å². The standard InChI is InChI=1S/C20H32N2O5.CH3NO.CH5N/c21-10-3-1-2-4-19(25)22-16-7-5-15(6-8-16)9-11-26-20-13-17(24)12-18(14-23)27-20;2-1-3;1-2/h5-8,17-18,20,23-24H,1-4,9-14,21H2,(H,22,25);1H,(H2,2,3);2H2,1H3. The third-order valence-electron chi connectivity index (χ3n) is 4.59. The van der Waals surface area contributed by atoms with Crippen LogP contribution in [-0.2, 0) is 25.5 Å². The van der Waals surface area contributed by atoms with Crippen molar-refractivity contribution in [1.29, 1.82) is 0 Å². The summed E-state index contributed by atoms with van der Waals surface area (Å²) in [7, 11) is 1.50. The van der Waals surface area contributed by atoms with E-state index < -0.39 is 12.4 Å². The Balaban J connectivity index is 0.00000177. The number of rotatable bonds is 11. The van der Waals surface area contributed by atoms with Gasteiger partial charge in [0.2, 0.25) is 12.3 Å². The lowest BCUT2D eigenvalue weighted by Crippen LogP contribution is -2.39. The molecule has 0 aliphatic carbocycles. The first-order valence-corrected chi connectivity index (χ1v) is 10.9. The second kappa shape index (κ2) is 19.6. The van der Waals surface area contributed by atoms with E-state index in [1.165, 1.54) is 7.05 Å². The first kappa shape index (κ1) is 29.9. The number of nitrogens with two attached hydrogens (primary N) is 3. The van der Waals surface area contributed by atoms with Crippen LogP contribution in [0.2, 0.25) is 0 Å². The highest BCUT2D eigenvalue weighted by molar-refractivity contribution is 5.90. The van der Waals surface area contributed by atoms with Crippen molar-refractivity contribution >= 4 is 18.0 Å². The molecule has 1 aliphatic rings. The molecule has 9 N–H and O–H groups in total. The van der Waals surface area contributed by atoms with Crippen LogP contribution in [-0.4, -0.2) is 67.8 Å². The maximum Gasteiger partial charge on any atom is 0.224 e. The highest BCUT2D eigenvalue weighted by atomic mass is 16.7. The van der Waals surface area contributed by atoms with Crippen molar-refractivity contribution in [2.75, 3.05) is 32.1 Å². The molecule has 0 bridgehead atoms. The van der Waals surface area contributed by atoms with Gasteiger partial charge in [0, 0.05) is 24.9 Å². The minimum Gasteiger partial charge on any atom is -0.394 e. The molecular weight excluding hydrogens is 416 g/mol. The average molecular weight is 457 g/mol. The fraction of sp³-hybridized carbons (Fsp3) is 0.636. The highest BCUT2D eigenvalue weighted by Crippen LogP contribution is 2.20. The molecule has 10 nitrogen and oxygen atoms in total. The van der Waals surface area contributed by atoms with E-state index in [0.717, 1.165) is 30.5 Å². The van der Waals surface area contributed by atoms with E-state index >= 15 is 0 Å². The number of primary amides is 1. The maximum atomic E-state index is 11.9. The number of unbranched alkanes of at least 4 members (excludes halogenated alkanes) is 2. The molecule has 0 aromatic heterocycles. The van der Waals surface area contributed by atoms with E-state index in [0.29, 0.717) is 38.8 Å². The summed E-state index contributed by atoms with van der Waals surface area (Å²) in [5.74, 6) is 0.0227. The van der Waals surface area contributed by atoms with Crippen LogP contribution in [0.3, 0.4) is 0 Å². The van der Waals surface area contributed by atoms with E-state index in [1.807, 2.05) is 24.3 Å². The number of carbonyl (C=O) groups is 2. The van der Waals surface area contributed by atoms with Crippen LogP contribution in [0.1, 0.15) is 44.1 Å². The number of benzene rings is 1. The van der Waals surface area contributed by atoms with Crippen LogP contribution < -0.4 is 22.5 Å². The first-order valence-electron chi connectivity index (χ1n) is 10.9. The number of nitrogens with one attached hydrogen (secondary N) is 1. The van der Waals surface area contributed by atoms with Crippen LogP contribution in [0.5, 0.6) is 0 Å². The van der Waals surface area contributed by atoms with Crippen LogP contribution >= 0.6 is 0 Å². The molecule has 3 unspecified atom stereocenters. The van der Waals surface area contributed by atoms with Gasteiger partial charge in [-0.05, 0) is 50.6 Å². The summed E-state index contributed by atoms with van der Waals surface area (Å²) in [6.07, 6.45) is 3.76. The number of hydrogen-bond acceptors (Lipinski definition) is 8. The molecule has 2 rings (SSSR count). The molecule has 0 saturated carbocycles. The third kappa shape index (κ3) is 14.1. The highest BCUT2D eigenvalue weighted by Gasteiger charge is 2.28. The molecule has 184 valence electrons. The van der Waals surface area contributed by atoms with Gasteiger partial charge < -0.3 is 42.2 Å². The zero-order valence-corrected chi connectivity index (χ0v) is 18.9. The summed E-state index contributed by atoms with van der Waals surface area (Å²) < 4.78 is 11.2. The van der Waals surface area contributed by atoms with Crippen molar-refractivity contribution in [3.63, 3.8) is 0 Å². The summed E-state index contributed by atoms with van der Waals surface area (Å²) in [6, 6.07) is 7.69. The topological polar surface area (TPSA) is 183 Å². The Morgan fingerprint density at radius 2 is 1.88 bits per heavy atom. The molecule has 1 aromatic rings. The Kier molecular flexibility index (Phi) is 18.3. The molecule has 32 heavy (non-hydrogen) atoms. The van der Waals surface area contributed by atoms with Gasteiger partial charge >= 0.3 is 0 Å². The summed E-state index contributed by atoms with van der Waals surface area (Å²) in [5, 5.41) is 21.8. The minimum absolute atomic E-state index is 0.0227. The molecule has 1 heterocycles. The van der Waals surface area contributed by atoms with E-state index in [4.69, 9.17) is 25.1 Å². The molecule has 1 fully saturated rings. The van der Waals surface area contributed by atoms with Gasteiger partial charge in [0.25, 0.3) is 0 Å². The molecule has 3 atom stereocenters. The SMILES string of the molecule is CN.NC=O.NCCCCCC(=O)Nc1ccc(CCOC2CC(O)CC(CO)O2)cc1. The van der Waals surface area contributed by atoms with Crippen molar-refractivity contribution < 1.29 is 29.3 Å². The van der Waals surface area contributed by atoms with Gasteiger partial charge in [-0.3, -0.25) is 9.59 Å². The Bertz CT molecular complexity index is 603. The van der Waals surface area contributed by atoms with Gasteiger partial charge in [-0.15, -0.1) is 0 Å². The number of carbonyl (C=O) groups excluding carboxylic acids is 2. The van der Waals surface area contributed by atoms with Gasteiger partial charge in [-0.2, -0.15) is 0 Å². The lowest BCUT2D eigenvalue weighted by molar-refractivity contribution is -0.221. The Morgan fingerprint density at radius 3 is 2.47 bits per heavy atom. The fourth-order valence-corrected chi connectivity index (χ4v) is 3.07. The third-order valence-corrected chi connectivity index (χ3v) is 4.59. The van der Waals surface area contributed by atoms with Gasteiger partial charge in [0.1, 0.15) is 0 Å². The van der Waals surface area contributed by atoms with Crippen molar-refractivity contribution in [2.45, 2.75) is 63.4 Å². The second-order valence-electron chi connectivity index (χ2n) is 7.10. The smallest absolute Gasteiger partial charge is 0.224 e. The summed E-state index contributed by atoms with van der Waals surface area (Å²) in [6.45, 7) is 1.02. The lowest BCUT2D eigenvalue weighted by atomic mass is 10.1.